The largest absolute Gasteiger partial charge is 0.478 e. The Kier molecular flexibility index (Phi) is 17.6. The van der Waals surface area contributed by atoms with Crippen LogP contribution in [-0.4, -0.2) is 39.0 Å². The number of sulfonamides is 2. The molecule has 0 aliphatic rings. The molecule has 0 radical (unpaired) electrons. The van der Waals surface area contributed by atoms with Gasteiger partial charge in [0, 0.05) is 6.07 Å². The second kappa shape index (κ2) is 23.0. The molecule has 0 saturated heterocycles. The van der Waals surface area contributed by atoms with Crippen LogP contribution in [0.25, 0.3) is 0 Å². The molecular formula is C49H47F5N2O8S2. The highest BCUT2D eigenvalue weighted by atomic mass is 32.2. The monoisotopic (exact) mass is 950 g/mol. The number of para-hydroxylation sites is 2. The Morgan fingerprint density at radius 2 is 0.848 bits per heavy atom. The van der Waals surface area contributed by atoms with Crippen molar-refractivity contribution in [3.05, 3.63) is 190 Å². The Balaban J connectivity index is 0.000000248. The Morgan fingerprint density at radius 1 is 0.470 bits per heavy atom. The molecule has 0 spiro atoms. The highest BCUT2D eigenvalue weighted by molar-refractivity contribution is 7.93. The number of nitrogens with one attached hydrogen (secondary N) is 2. The van der Waals surface area contributed by atoms with Gasteiger partial charge in [-0.15, -0.1) is 0 Å². The van der Waals surface area contributed by atoms with Crippen molar-refractivity contribution in [3.63, 3.8) is 0 Å². The quantitative estimate of drug-likeness (QED) is 0.0433. The second-order valence-corrected chi connectivity index (χ2v) is 18.4. The molecule has 6 aromatic rings. The summed E-state index contributed by atoms with van der Waals surface area (Å²) in [5.41, 5.74) is 2.90. The summed E-state index contributed by atoms with van der Waals surface area (Å²) in [5.74, 6) is -3.92. The van der Waals surface area contributed by atoms with E-state index in [-0.39, 0.29) is 11.3 Å². The zero-order valence-corrected chi connectivity index (χ0v) is 37.0. The number of carboxylic acids is 2. The zero-order valence-electron chi connectivity index (χ0n) is 35.4. The van der Waals surface area contributed by atoms with Crippen molar-refractivity contribution in [1.29, 1.82) is 0 Å². The lowest BCUT2D eigenvalue weighted by molar-refractivity contribution is -0.139. The number of aryl methyl sites for hydroxylation is 4. The van der Waals surface area contributed by atoms with Crippen LogP contribution in [0.15, 0.2) is 149 Å². The van der Waals surface area contributed by atoms with Gasteiger partial charge in [-0.25, -0.2) is 35.2 Å². The number of unbranched alkanes of at least 4 members (excludes halogenated alkanes) is 4. The lowest BCUT2D eigenvalue weighted by Gasteiger charge is -2.16. The van der Waals surface area contributed by atoms with Crippen LogP contribution in [0.5, 0.6) is 0 Å². The number of rotatable bonds is 20. The maximum Gasteiger partial charge on any atom is 0.417 e. The Bertz CT molecular complexity index is 2860. The second-order valence-electron chi connectivity index (χ2n) is 15.1. The van der Waals surface area contributed by atoms with Crippen LogP contribution in [0.1, 0.15) is 87.1 Å². The number of carbonyl (C=O) groups is 2. The maximum absolute atomic E-state index is 14.0. The Hall–Kier alpha value is -6.59. The third kappa shape index (κ3) is 14.2. The lowest BCUT2D eigenvalue weighted by Crippen LogP contribution is -2.19. The number of alkyl halides is 3. The molecule has 0 aliphatic carbocycles. The highest BCUT2D eigenvalue weighted by Crippen LogP contribution is 2.35. The summed E-state index contributed by atoms with van der Waals surface area (Å²) < 4.78 is 122. The zero-order chi connectivity index (χ0) is 47.9. The number of anilines is 2. The van der Waals surface area contributed by atoms with Crippen molar-refractivity contribution in [2.24, 2.45) is 0 Å². The van der Waals surface area contributed by atoms with E-state index in [9.17, 15) is 58.6 Å². The van der Waals surface area contributed by atoms with E-state index < -0.39 is 65.2 Å². The molecular weight excluding hydrogens is 904 g/mol. The maximum atomic E-state index is 14.0. The first-order chi connectivity index (χ1) is 31.4. The minimum Gasteiger partial charge on any atom is -0.478 e. The van der Waals surface area contributed by atoms with Gasteiger partial charge in [-0.1, -0.05) is 97.8 Å². The fourth-order valence-corrected chi connectivity index (χ4v) is 9.70. The van der Waals surface area contributed by atoms with Gasteiger partial charge in [0.15, 0.2) is 0 Å². The minimum atomic E-state index is -4.80. The number of halogens is 5. The van der Waals surface area contributed by atoms with Crippen LogP contribution in [0.3, 0.4) is 0 Å². The number of carboxylic acid groups (broad SMARTS) is 2. The van der Waals surface area contributed by atoms with E-state index in [1.54, 1.807) is 78.9 Å². The van der Waals surface area contributed by atoms with E-state index in [4.69, 9.17) is 0 Å². The van der Waals surface area contributed by atoms with E-state index in [1.807, 2.05) is 12.1 Å². The van der Waals surface area contributed by atoms with Crippen LogP contribution in [-0.2, 0) is 51.9 Å². The molecule has 6 aromatic carbocycles. The Labute approximate surface area is 380 Å². The van der Waals surface area contributed by atoms with Crippen LogP contribution >= 0.6 is 0 Å². The molecule has 348 valence electrons. The molecule has 17 heteroatoms. The fourth-order valence-electron chi connectivity index (χ4n) is 7.21. The molecule has 0 saturated carbocycles. The molecule has 0 bridgehead atoms. The topological polar surface area (TPSA) is 167 Å². The predicted octanol–water partition coefficient (Wildman–Crippen LogP) is 11.6. The van der Waals surface area contributed by atoms with E-state index in [2.05, 4.69) is 9.44 Å². The molecule has 0 amide bonds. The normalized spacial score (nSPS) is 11.6. The van der Waals surface area contributed by atoms with Crippen LogP contribution < -0.4 is 9.44 Å². The van der Waals surface area contributed by atoms with Crippen LogP contribution in [0, 0.1) is 11.6 Å². The number of hydrogen-bond acceptors (Lipinski definition) is 6. The van der Waals surface area contributed by atoms with Gasteiger partial charge in [-0.3, -0.25) is 9.44 Å². The van der Waals surface area contributed by atoms with Crippen molar-refractivity contribution < 1.29 is 58.6 Å². The molecule has 10 nitrogen and oxygen atoms in total. The van der Waals surface area contributed by atoms with E-state index in [0.717, 1.165) is 79.1 Å². The van der Waals surface area contributed by atoms with E-state index in [1.165, 1.54) is 12.1 Å². The highest BCUT2D eigenvalue weighted by Gasteiger charge is 2.37. The molecule has 4 N–H and O–H groups in total. The van der Waals surface area contributed by atoms with Gasteiger partial charge >= 0.3 is 18.1 Å². The van der Waals surface area contributed by atoms with E-state index >= 15 is 0 Å². The first-order valence-electron chi connectivity index (χ1n) is 20.8. The fraction of sp³-hybridized carbons (Fsp3) is 0.224. The van der Waals surface area contributed by atoms with Crippen molar-refractivity contribution in [2.45, 2.75) is 80.2 Å². The predicted molar refractivity (Wildman–Crippen MR) is 242 cm³/mol. The molecule has 0 aromatic heterocycles. The average Bonchev–Trinajstić information content (AvgIpc) is 3.27. The summed E-state index contributed by atoms with van der Waals surface area (Å²) in [4.78, 5) is 21.2. The molecule has 0 aliphatic heterocycles. The molecule has 6 rings (SSSR count). The van der Waals surface area contributed by atoms with Crippen molar-refractivity contribution >= 4 is 43.4 Å². The van der Waals surface area contributed by atoms with Gasteiger partial charge < -0.3 is 10.2 Å². The molecule has 0 unspecified atom stereocenters. The molecule has 0 atom stereocenters. The summed E-state index contributed by atoms with van der Waals surface area (Å²) in [6, 6.07) is 33.6. The van der Waals surface area contributed by atoms with Crippen molar-refractivity contribution in [2.75, 3.05) is 9.44 Å². The SMILES string of the molecule is O=C(O)c1ccccc1CCCCCc1ccccc1NS(=O)(=O)c1ccc(F)cc1F.O=C(O)c1ccccc1CCCCCc1ccccc1NS(=O)(=O)c1ccccc1C(F)(F)F. The van der Waals surface area contributed by atoms with Crippen LogP contribution in [0.4, 0.5) is 33.3 Å². The first-order valence-corrected chi connectivity index (χ1v) is 23.8. The van der Waals surface area contributed by atoms with Gasteiger partial charge in [-0.2, -0.15) is 13.2 Å². The summed E-state index contributed by atoms with van der Waals surface area (Å²) in [5, 5.41) is 18.5. The molecule has 0 fully saturated rings. The van der Waals surface area contributed by atoms with E-state index in [0.29, 0.717) is 55.0 Å². The van der Waals surface area contributed by atoms with Crippen molar-refractivity contribution in [3.8, 4) is 0 Å². The number of aromatic carboxylic acids is 2. The van der Waals surface area contributed by atoms with Crippen LogP contribution in [0.2, 0.25) is 0 Å². The standard InChI is InChI=1S/C25H24F3NO4S.C24H23F2NO4S/c26-25(27,28)21-15-7-9-17-23(21)34(32,33)29-22-16-8-5-13-19(22)12-3-1-2-10-18-11-4-6-14-20(18)24(30)31;25-19-14-15-23(21(26)16-19)32(30,31)27-22-13-7-5-11-18(22)10-3-1-2-8-17-9-4-6-12-20(17)24(28)29/h4-9,11,13-17,29H,1-3,10,12H2,(H,30,31);4-7,9,11-16,27H,1-3,8,10H2,(H,28,29). The van der Waals surface area contributed by atoms with Crippen molar-refractivity contribution in [1.82, 2.24) is 0 Å². The Morgan fingerprint density at radius 3 is 1.29 bits per heavy atom. The number of hydrogen-bond donors (Lipinski definition) is 4. The third-order valence-corrected chi connectivity index (χ3v) is 13.3. The van der Waals surface area contributed by atoms with Gasteiger partial charge in [0.2, 0.25) is 0 Å². The average molecular weight is 951 g/mol. The molecule has 0 heterocycles. The summed E-state index contributed by atoms with van der Waals surface area (Å²) >= 11 is 0. The molecule has 66 heavy (non-hydrogen) atoms. The summed E-state index contributed by atoms with van der Waals surface area (Å²) in [6.07, 6.45) is 2.14. The van der Waals surface area contributed by atoms with Gasteiger partial charge in [0.1, 0.15) is 16.5 Å². The minimum absolute atomic E-state index is 0.232. The van der Waals surface area contributed by atoms with Gasteiger partial charge in [0.25, 0.3) is 20.0 Å². The summed E-state index contributed by atoms with van der Waals surface area (Å²) in [7, 11) is -8.67. The summed E-state index contributed by atoms with van der Waals surface area (Å²) in [6.45, 7) is 0. The third-order valence-electron chi connectivity index (χ3n) is 10.5. The lowest BCUT2D eigenvalue weighted by atomic mass is 9.99. The number of benzene rings is 6. The van der Waals surface area contributed by atoms with Gasteiger partial charge in [0.05, 0.1) is 33.0 Å². The first kappa shape index (κ1) is 50.4. The smallest absolute Gasteiger partial charge is 0.417 e. The van der Waals surface area contributed by atoms with Gasteiger partial charge in [-0.05, 0) is 122 Å².